The van der Waals surface area contributed by atoms with Gasteiger partial charge in [0.05, 0.1) is 6.61 Å². The maximum Gasteiger partial charge on any atom is 0.124 e. The second-order valence-corrected chi connectivity index (χ2v) is 7.06. The molecule has 1 atom stereocenters. The highest BCUT2D eigenvalue weighted by Gasteiger charge is 2.27. The van der Waals surface area contributed by atoms with Crippen molar-refractivity contribution in [2.24, 2.45) is 5.92 Å². The first kappa shape index (κ1) is 23.0. The van der Waals surface area contributed by atoms with Gasteiger partial charge in [0, 0.05) is 37.8 Å². The van der Waals surface area contributed by atoms with Crippen molar-refractivity contribution >= 4 is 35.6 Å². The van der Waals surface area contributed by atoms with Crippen LogP contribution in [0.1, 0.15) is 38.8 Å². The zero-order valence-electron chi connectivity index (χ0n) is 16.0. The predicted octanol–water partition coefficient (Wildman–Crippen LogP) is 5.07. The van der Waals surface area contributed by atoms with Gasteiger partial charge in [-0.3, -0.25) is 4.90 Å². The zero-order valence-corrected chi connectivity index (χ0v) is 17.7. The molecule has 1 saturated heterocycles. The van der Waals surface area contributed by atoms with Crippen LogP contribution >= 0.6 is 24.8 Å². The van der Waals surface area contributed by atoms with Gasteiger partial charge in [-0.2, -0.15) is 0 Å². The number of nitrogens with zero attached hydrogens (tertiary/aromatic N) is 1. The molecular weight excluding hydrogens is 367 g/mol. The van der Waals surface area contributed by atoms with Crippen LogP contribution < -0.4 is 10.1 Å². The molecule has 0 aromatic heterocycles. The lowest BCUT2D eigenvalue weighted by Crippen LogP contribution is -2.45. The maximum atomic E-state index is 6.06. The highest BCUT2D eigenvalue weighted by Crippen LogP contribution is 2.39. The van der Waals surface area contributed by atoms with Gasteiger partial charge in [0.15, 0.2) is 0 Å². The van der Waals surface area contributed by atoms with E-state index in [1.54, 1.807) is 0 Å². The molecule has 5 heteroatoms. The van der Waals surface area contributed by atoms with Crippen LogP contribution in [0.2, 0.25) is 0 Å². The van der Waals surface area contributed by atoms with Gasteiger partial charge < -0.3 is 10.1 Å². The molecule has 1 aliphatic heterocycles. The molecule has 0 aliphatic carbocycles. The van der Waals surface area contributed by atoms with Crippen LogP contribution in [0, 0.1) is 5.92 Å². The van der Waals surface area contributed by atoms with Gasteiger partial charge in [-0.15, -0.1) is 24.8 Å². The van der Waals surface area contributed by atoms with E-state index in [4.69, 9.17) is 4.74 Å². The van der Waals surface area contributed by atoms with Crippen LogP contribution in [0.15, 0.2) is 36.4 Å². The first-order valence-electron chi connectivity index (χ1n) is 9.30. The molecule has 146 valence electrons. The lowest BCUT2D eigenvalue weighted by Gasteiger charge is -2.37. The molecule has 1 heterocycles. The molecule has 3 rings (SSSR count). The maximum absolute atomic E-state index is 6.06. The average Bonchev–Trinajstić information content (AvgIpc) is 2.61. The monoisotopic (exact) mass is 398 g/mol. The van der Waals surface area contributed by atoms with Crippen LogP contribution in [-0.2, 0) is 0 Å². The summed E-state index contributed by atoms with van der Waals surface area (Å²) in [7, 11) is 0. The van der Waals surface area contributed by atoms with Crippen molar-refractivity contribution in [2.45, 2.75) is 33.2 Å². The number of rotatable bonds is 6. The van der Waals surface area contributed by atoms with Gasteiger partial charge in [-0.1, -0.05) is 44.2 Å². The first-order valence-corrected chi connectivity index (χ1v) is 9.30. The minimum absolute atomic E-state index is 0. The molecule has 1 N–H and O–H groups in total. The summed E-state index contributed by atoms with van der Waals surface area (Å²) < 4.78 is 6.06. The smallest absolute Gasteiger partial charge is 0.124 e. The molecule has 3 nitrogen and oxygen atoms in total. The van der Waals surface area contributed by atoms with Crippen molar-refractivity contribution in [3.8, 4) is 5.75 Å². The van der Waals surface area contributed by atoms with Crippen LogP contribution in [0.5, 0.6) is 5.75 Å². The minimum Gasteiger partial charge on any atom is -0.494 e. The SMILES string of the molecule is CCOc1ccc2ccccc2c1[C@@H](CC(C)C)N1CCNCC1.Cl.Cl. The third-order valence-corrected chi connectivity index (χ3v) is 4.85. The van der Waals surface area contributed by atoms with Crippen LogP contribution in [0.4, 0.5) is 0 Å². The summed E-state index contributed by atoms with van der Waals surface area (Å²) in [5, 5.41) is 6.12. The summed E-state index contributed by atoms with van der Waals surface area (Å²) in [6.45, 7) is 11.8. The summed E-state index contributed by atoms with van der Waals surface area (Å²) in [4.78, 5) is 2.64. The molecule has 0 spiro atoms. The van der Waals surface area contributed by atoms with E-state index in [0.717, 1.165) is 38.3 Å². The Morgan fingerprint density at radius 1 is 1.04 bits per heavy atom. The van der Waals surface area contributed by atoms with Gasteiger partial charge in [-0.05, 0) is 36.1 Å². The number of benzene rings is 2. The number of halogens is 2. The third-order valence-electron chi connectivity index (χ3n) is 4.85. The van der Waals surface area contributed by atoms with Crippen molar-refractivity contribution < 1.29 is 4.74 Å². The molecule has 0 radical (unpaired) electrons. The largest absolute Gasteiger partial charge is 0.494 e. The fourth-order valence-corrected chi connectivity index (χ4v) is 3.79. The van der Waals surface area contributed by atoms with E-state index in [2.05, 4.69) is 67.4 Å². The molecule has 0 unspecified atom stereocenters. The number of nitrogens with one attached hydrogen (secondary N) is 1. The normalized spacial score (nSPS) is 16.0. The Hall–Kier alpha value is -1.00. The fourth-order valence-electron chi connectivity index (χ4n) is 3.79. The molecular formula is C21H32Cl2N2O. The first-order chi connectivity index (χ1) is 11.7. The van der Waals surface area contributed by atoms with E-state index < -0.39 is 0 Å². The van der Waals surface area contributed by atoms with Crippen molar-refractivity contribution in [1.29, 1.82) is 0 Å². The number of ether oxygens (including phenoxy) is 1. The zero-order chi connectivity index (χ0) is 16.9. The topological polar surface area (TPSA) is 24.5 Å². The Labute approximate surface area is 170 Å². The highest BCUT2D eigenvalue weighted by molar-refractivity contribution is 5.88. The molecule has 1 fully saturated rings. The van der Waals surface area contributed by atoms with E-state index in [0.29, 0.717) is 18.6 Å². The van der Waals surface area contributed by atoms with Crippen molar-refractivity contribution in [1.82, 2.24) is 10.2 Å². The quantitative estimate of drug-likeness (QED) is 0.734. The summed E-state index contributed by atoms with van der Waals surface area (Å²) in [5.74, 6) is 1.71. The van der Waals surface area contributed by atoms with Crippen molar-refractivity contribution in [2.75, 3.05) is 32.8 Å². The van der Waals surface area contributed by atoms with Crippen molar-refractivity contribution in [3.63, 3.8) is 0 Å². The van der Waals surface area contributed by atoms with Gasteiger partial charge in [-0.25, -0.2) is 0 Å². The summed E-state index contributed by atoms with van der Waals surface area (Å²) >= 11 is 0. The standard InChI is InChI=1S/C21H30N2O.2ClH/c1-4-24-20-10-9-17-7-5-6-8-18(17)21(20)19(15-16(2)3)23-13-11-22-12-14-23;;/h5-10,16,19,22H,4,11-15H2,1-3H3;2*1H/t19-;;/m1../s1. The molecule has 2 aromatic rings. The molecule has 1 aliphatic rings. The van der Waals surface area contributed by atoms with Gasteiger partial charge in [0.25, 0.3) is 0 Å². The number of fused-ring (bicyclic) bond motifs is 1. The number of piperazine rings is 1. The van der Waals surface area contributed by atoms with Crippen LogP contribution in [0.25, 0.3) is 10.8 Å². The lowest BCUT2D eigenvalue weighted by molar-refractivity contribution is 0.151. The van der Waals surface area contributed by atoms with Crippen molar-refractivity contribution in [3.05, 3.63) is 42.0 Å². The summed E-state index contributed by atoms with van der Waals surface area (Å²) in [5.41, 5.74) is 1.38. The predicted molar refractivity (Wildman–Crippen MR) is 116 cm³/mol. The van der Waals surface area contributed by atoms with Gasteiger partial charge in [0.2, 0.25) is 0 Å². The van der Waals surface area contributed by atoms with Crippen LogP contribution in [0.3, 0.4) is 0 Å². The Balaban J connectivity index is 0.00000169. The van der Waals surface area contributed by atoms with E-state index >= 15 is 0 Å². The van der Waals surface area contributed by atoms with Gasteiger partial charge in [0.1, 0.15) is 5.75 Å². The van der Waals surface area contributed by atoms with Gasteiger partial charge >= 0.3 is 0 Å². The van der Waals surface area contributed by atoms with E-state index in [1.165, 1.54) is 16.3 Å². The van der Waals surface area contributed by atoms with E-state index in [9.17, 15) is 0 Å². The second kappa shape index (κ2) is 11.0. The minimum atomic E-state index is 0. The molecule has 2 aromatic carbocycles. The lowest BCUT2D eigenvalue weighted by atomic mass is 9.90. The molecule has 0 amide bonds. The molecule has 0 bridgehead atoms. The fraction of sp³-hybridized carbons (Fsp3) is 0.524. The summed E-state index contributed by atoms with van der Waals surface area (Å²) in [6, 6.07) is 13.5. The third kappa shape index (κ3) is 5.26. The highest BCUT2D eigenvalue weighted by atomic mass is 35.5. The Morgan fingerprint density at radius 2 is 1.73 bits per heavy atom. The van der Waals surface area contributed by atoms with E-state index in [1.807, 2.05) is 0 Å². The summed E-state index contributed by atoms with van der Waals surface area (Å²) in [6.07, 6.45) is 1.16. The second-order valence-electron chi connectivity index (χ2n) is 7.06. The number of hydrogen-bond acceptors (Lipinski definition) is 3. The Bertz CT molecular complexity index is 672. The number of hydrogen-bond donors (Lipinski definition) is 1. The van der Waals surface area contributed by atoms with Crippen LogP contribution in [-0.4, -0.2) is 37.7 Å². The Kier molecular flexibility index (Phi) is 9.73. The molecule has 0 saturated carbocycles. The average molecular weight is 399 g/mol. The molecule has 26 heavy (non-hydrogen) atoms. The van der Waals surface area contributed by atoms with E-state index in [-0.39, 0.29) is 24.8 Å². The Morgan fingerprint density at radius 3 is 2.38 bits per heavy atom.